The molecule has 2 N–H and O–H groups in total. The van der Waals surface area contributed by atoms with Crippen LogP contribution in [0.2, 0.25) is 0 Å². The Kier molecular flexibility index (Phi) is 7.26. The molecular weight excluding hydrogens is 697 g/mol. The molecule has 3 fully saturated rings. The number of fused-ring (bicyclic) bond motifs is 4. The second-order valence-electron chi connectivity index (χ2n) is 12.1. The Morgan fingerprint density at radius 1 is 0.935 bits per heavy atom. The summed E-state index contributed by atoms with van der Waals surface area (Å²) >= 11 is 17.9. The number of allylic oxidation sites excluding steroid dienone is 2. The highest BCUT2D eigenvalue weighted by Crippen LogP contribution is 2.66. The number of anilines is 3. The van der Waals surface area contributed by atoms with E-state index >= 15 is 0 Å². The number of carbonyl (C=O) groups excluding carboxylic acids is 4. The van der Waals surface area contributed by atoms with E-state index in [1.165, 1.54) is 19.1 Å². The number of hydrogen-bond donors (Lipinski definition) is 2. The van der Waals surface area contributed by atoms with Crippen LogP contribution in [0.25, 0.3) is 0 Å². The molecule has 236 valence electrons. The number of nitrogens with one attached hydrogen (secondary N) is 1. The Morgan fingerprint density at radius 3 is 2.28 bits per heavy atom. The number of hydrogen-bond acceptors (Lipinski definition) is 7. The van der Waals surface area contributed by atoms with E-state index in [9.17, 15) is 24.3 Å². The van der Waals surface area contributed by atoms with Gasteiger partial charge in [-0.15, -0.1) is 23.2 Å². The van der Waals surface area contributed by atoms with Gasteiger partial charge in [-0.05, 0) is 67.3 Å². The predicted octanol–water partition coefficient (Wildman–Crippen LogP) is 6.10. The summed E-state index contributed by atoms with van der Waals surface area (Å²) in [6.45, 7) is 0. The lowest BCUT2D eigenvalue weighted by molar-refractivity contribution is -0.138. The van der Waals surface area contributed by atoms with Gasteiger partial charge in [0, 0.05) is 34.4 Å². The molecule has 12 heteroatoms. The predicted molar refractivity (Wildman–Crippen MR) is 176 cm³/mol. The summed E-state index contributed by atoms with van der Waals surface area (Å²) < 4.78 is 5.92. The summed E-state index contributed by atoms with van der Waals surface area (Å²) in [6.07, 6.45) is 1.88. The molecule has 3 aromatic carbocycles. The lowest BCUT2D eigenvalue weighted by Gasteiger charge is -2.50. The fraction of sp³-hybridized carbons (Fsp3) is 0.294. The van der Waals surface area contributed by atoms with Crippen molar-refractivity contribution in [2.45, 2.75) is 28.5 Å². The zero-order chi connectivity index (χ0) is 32.7. The average Bonchev–Trinajstić information content (AvgIpc) is 3.37. The topological polar surface area (TPSA) is 116 Å². The lowest BCUT2D eigenvalue weighted by atomic mass is 9.56. The number of para-hydroxylation sites is 1. The molecule has 4 aliphatic rings. The van der Waals surface area contributed by atoms with E-state index in [-0.39, 0.29) is 35.8 Å². The van der Waals surface area contributed by atoms with E-state index in [4.69, 9.17) is 27.9 Å². The fourth-order valence-electron chi connectivity index (χ4n) is 7.70. The van der Waals surface area contributed by atoms with Gasteiger partial charge < -0.3 is 15.2 Å². The summed E-state index contributed by atoms with van der Waals surface area (Å²) in [5.74, 6) is -5.73. The van der Waals surface area contributed by atoms with Crippen molar-refractivity contribution in [3.8, 4) is 11.5 Å². The maximum Gasteiger partial charge on any atom is 0.253 e. The van der Waals surface area contributed by atoms with Crippen molar-refractivity contribution in [2.75, 3.05) is 24.4 Å². The molecule has 1 saturated carbocycles. The Bertz CT molecular complexity index is 1850. The number of likely N-dealkylation sites (tertiary alicyclic amines) is 1. The first-order chi connectivity index (χ1) is 21.9. The number of imide groups is 2. The molecule has 2 saturated heterocycles. The maximum absolute atomic E-state index is 14.3. The van der Waals surface area contributed by atoms with Crippen molar-refractivity contribution in [3.05, 3.63) is 88.4 Å². The molecule has 0 radical (unpaired) electrons. The van der Waals surface area contributed by atoms with Gasteiger partial charge in [0.25, 0.3) is 11.8 Å². The zero-order valence-electron chi connectivity index (χ0n) is 24.7. The fourth-order valence-corrected chi connectivity index (χ4v) is 9.16. The van der Waals surface area contributed by atoms with Crippen molar-refractivity contribution in [2.24, 2.45) is 17.8 Å². The van der Waals surface area contributed by atoms with Crippen LogP contribution < -0.4 is 15.0 Å². The number of alkyl halides is 2. The molecule has 6 atom stereocenters. The molecule has 2 aliphatic carbocycles. The number of rotatable bonds is 5. The molecule has 0 unspecified atom stereocenters. The number of methoxy groups -OCH3 is 1. The Balaban J connectivity index is 1.30. The number of carbonyl (C=O) groups is 4. The van der Waals surface area contributed by atoms with Gasteiger partial charge in [-0.2, -0.15) is 0 Å². The summed E-state index contributed by atoms with van der Waals surface area (Å²) in [7, 11) is 2.71. The molecule has 0 bridgehead atoms. The largest absolute Gasteiger partial charge is 0.504 e. The molecule has 2 heterocycles. The van der Waals surface area contributed by atoms with Gasteiger partial charge in [-0.1, -0.05) is 45.8 Å². The molecule has 2 aliphatic heterocycles. The Hall–Kier alpha value is -3.86. The van der Waals surface area contributed by atoms with Crippen LogP contribution in [0.4, 0.5) is 17.1 Å². The van der Waals surface area contributed by atoms with E-state index < -0.39 is 51.1 Å². The van der Waals surface area contributed by atoms with Crippen LogP contribution in [0.15, 0.2) is 82.9 Å². The number of ether oxygens (including phenoxy) is 1. The highest BCUT2D eigenvalue weighted by Gasteiger charge is 2.76. The highest BCUT2D eigenvalue weighted by molar-refractivity contribution is 9.10. The maximum atomic E-state index is 14.3. The van der Waals surface area contributed by atoms with Gasteiger partial charge in [-0.25, -0.2) is 0 Å². The number of phenolic OH excluding ortho intramolecular Hbond substituents is 1. The molecule has 7 rings (SSSR count). The lowest BCUT2D eigenvalue weighted by Crippen LogP contribution is -2.60. The van der Waals surface area contributed by atoms with Crippen LogP contribution in [0.3, 0.4) is 0 Å². The number of nitrogens with zero attached hydrogens (tertiary/aromatic N) is 2. The van der Waals surface area contributed by atoms with Crippen LogP contribution in [-0.4, -0.2) is 57.5 Å². The van der Waals surface area contributed by atoms with Gasteiger partial charge in [-0.3, -0.25) is 29.0 Å². The number of halogens is 3. The minimum Gasteiger partial charge on any atom is -0.504 e. The van der Waals surface area contributed by atoms with Gasteiger partial charge in [0.2, 0.25) is 11.8 Å². The molecule has 9 nitrogen and oxygen atoms in total. The molecule has 3 aromatic rings. The smallest absolute Gasteiger partial charge is 0.253 e. The normalized spacial score (nSPS) is 30.2. The quantitative estimate of drug-likeness (QED) is 0.186. The van der Waals surface area contributed by atoms with Crippen molar-refractivity contribution in [1.29, 1.82) is 0 Å². The standard InChI is InChI=1S/C34H28BrCl2N3O6/c1-39-31(44)33(36)16-24-21(27(34(33,37)32(39)45)23-14-17(35)15-25(46-2)28(23)41)12-13-22-26(24)30(43)40(29(22)42)20-10-8-19(9-11-20)38-18-6-4-3-5-7-18/h3-12,14-15,22,24,26-27,38,41H,13,16H2,1-2H3/t22-,24+,26-,27+,33+,34-/m0/s1. The van der Waals surface area contributed by atoms with Gasteiger partial charge >= 0.3 is 0 Å². The van der Waals surface area contributed by atoms with Crippen molar-refractivity contribution < 1.29 is 29.0 Å². The van der Waals surface area contributed by atoms with Crippen molar-refractivity contribution in [1.82, 2.24) is 4.90 Å². The first-order valence-corrected chi connectivity index (χ1v) is 16.2. The highest BCUT2D eigenvalue weighted by atomic mass is 79.9. The Labute approximate surface area is 283 Å². The van der Waals surface area contributed by atoms with Crippen LogP contribution in [0, 0.1) is 17.8 Å². The van der Waals surface area contributed by atoms with Crippen molar-refractivity contribution >= 4 is 79.8 Å². The molecular formula is C34H28BrCl2N3O6. The van der Waals surface area contributed by atoms with E-state index in [2.05, 4.69) is 21.2 Å². The Morgan fingerprint density at radius 2 is 1.61 bits per heavy atom. The number of amides is 4. The molecule has 0 spiro atoms. The van der Waals surface area contributed by atoms with E-state index in [0.29, 0.717) is 15.7 Å². The SMILES string of the molecule is COc1cc(Br)cc([C@H]2C3=CC[C@@H]4C(=O)N(c5ccc(Nc6ccccc6)cc5)C(=O)[C@@H]4[C@@H]3C[C@@]3(Cl)C(=O)N(C)C(=O)[C@@]23Cl)c1O. The summed E-state index contributed by atoms with van der Waals surface area (Å²) in [6, 6.07) is 19.8. The third-order valence-corrected chi connectivity index (χ3v) is 11.7. The second-order valence-corrected chi connectivity index (χ2v) is 14.3. The third-order valence-electron chi connectivity index (χ3n) is 9.80. The monoisotopic (exact) mass is 723 g/mol. The number of phenols is 1. The van der Waals surface area contributed by atoms with E-state index in [1.807, 2.05) is 36.4 Å². The van der Waals surface area contributed by atoms with Crippen LogP contribution in [0.1, 0.15) is 24.3 Å². The first-order valence-electron chi connectivity index (χ1n) is 14.7. The van der Waals surface area contributed by atoms with E-state index in [0.717, 1.165) is 16.3 Å². The van der Waals surface area contributed by atoms with Gasteiger partial charge in [0.1, 0.15) is 0 Å². The third kappa shape index (κ3) is 4.19. The van der Waals surface area contributed by atoms with Crippen LogP contribution in [-0.2, 0) is 19.2 Å². The average molecular weight is 725 g/mol. The van der Waals surface area contributed by atoms with Crippen molar-refractivity contribution in [3.63, 3.8) is 0 Å². The van der Waals surface area contributed by atoms with Gasteiger partial charge in [0.05, 0.1) is 24.6 Å². The number of aromatic hydroxyl groups is 1. The summed E-state index contributed by atoms with van der Waals surface area (Å²) in [4.78, 5) is 53.8. The molecule has 4 amide bonds. The van der Waals surface area contributed by atoms with E-state index in [1.54, 1.807) is 36.4 Å². The molecule has 46 heavy (non-hydrogen) atoms. The summed E-state index contributed by atoms with van der Waals surface area (Å²) in [5, 5.41) is 14.6. The summed E-state index contributed by atoms with van der Waals surface area (Å²) in [5.41, 5.74) is 2.89. The number of benzene rings is 3. The van der Waals surface area contributed by atoms with Crippen LogP contribution in [0.5, 0.6) is 11.5 Å². The second kappa shape index (κ2) is 10.9. The molecule has 0 aromatic heterocycles. The minimum atomic E-state index is -2.02. The zero-order valence-corrected chi connectivity index (χ0v) is 27.8. The van der Waals surface area contributed by atoms with Gasteiger partial charge in [0.15, 0.2) is 21.2 Å². The minimum absolute atomic E-state index is 0.120. The van der Waals surface area contributed by atoms with Crippen LogP contribution >= 0.6 is 39.1 Å². The first kappa shape index (κ1) is 30.8.